The summed E-state index contributed by atoms with van der Waals surface area (Å²) in [4.78, 5) is 26.7. The predicted molar refractivity (Wildman–Crippen MR) is 124 cm³/mol. The van der Waals surface area contributed by atoms with Gasteiger partial charge >= 0.3 is 12.3 Å². The van der Waals surface area contributed by atoms with E-state index < -0.39 is 11.7 Å². The van der Waals surface area contributed by atoms with Gasteiger partial charge in [0.2, 0.25) is 5.95 Å². The fourth-order valence-corrected chi connectivity index (χ4v) is 5.59. The van der Waals surface area contributed by atoms with Crippen molar-refractivity contribution in [2.75, 3.05) is 31.1 Å². The third kappa shape index (κ3) is 4.94. The van der Waals surface area contributed by atoms with Crippen molar-refractivity contribution in [1.82, 2.24) is 19.8 Å². The average Bonchev–Trinajstić information content (AvgIpc) is 2.77. The first-order valence-corrected chi connectivity index (χ1v) is 12.0. The van der Waals surface area contributed by atoms with E-state index in [4.69, 9.17) is 4.74 Å². The molecule has 10 heteroatoms. The number of nitrogens with zero attached hydrogens (tertiary/aromatic N) is 5. The second-order valence-electron chi connectivity index (χ2n) is 10.3. The van der Waals surface area contributed by atoms with E-state index >= 15 is 0 Å². The van der Waals surface area contributed by atoms with E-state index in [0.717, 1.165) is 44.9 Å². The van der Waals surface area contributed by atoms with Crippen LogP contribution in [0.1, 0.15) is 37.8 Å². The summed E-state index contributed by atoms with van der Waals surface area (Å²) >= 11 is 0. The van der Waals surface area contributed by atoms with Gasteiger partial charge in [0.15, 0.2) is 0 Å². The molecule has 0 radical (unpaired) electrons. The van der Waals surface area contributed by atoms with Crippen molar-refractivity contribution in [2.45, 2.75) is 57.6 Å². The van der Waals surface area contributed by atoms with Gasteiger partial charge in [-0.15, -0.1) is 0 Å². The summed E-state index contributed by atoms with van der Waals surface area (Å²) in [6, 6.07) is 10.1. The van der Waals surface area contributed by atoms with Gasteiger partial charge in [-0.25, -0.2) is 14.8 Å². The summed E-state index contributed by atoms with van der Waals surface area (Å²) in [5, 5.41) is 0. The number of alkyl halides is 3. The van der Waals surface area contributed by atoms with Gasteiger partial charge in [-0.2, -0.15) is 13.2 Å². The van der Waals surface area contributed by atoms with Crippen molar-refractivity contribution in [3.8, 4) is 0 Å². The molecule has 1 aliphatic carbocycles. The van der Waals surface area contributed by atoms with Gasteiger partial charge in [0.05, 0.1) is 5.56 Å². The Kier molecular flexibility index (Phi) is 6.11. The zero-order valence-electron chi connectivity index (χ0n) is 19.9. The molecule has 1 spiro atoms. The fraction of sp³-hybridized carbons (Fsp3) is 0.560. The minimum atomic E-state index is -4.47. The number of likely N-dealkylation sites (tertiary alicyclic amines) is 1. The van der Waals surface area contributed by atoms with Crippen LogP contribution in [0.3, 0.4) is 0 Å². The highest BCUT2D eigenvalue weighted by atomic mass is 19.4. The molecule has 3 heterocycles. The Morgan fingerprint density at radius 3 is 2.34 bits per heavy atom. The van der Waals surface area contributed by atoms with Crippen LogP contribution >= 0.6 is 0 Å². The van der Waals surface area contributed by atoms with Crippen LogP contribution in [0.5, 0.6) is 0 Å². The van der Waals surface area contributed by atoms with Gasteiger partial charge in [-0.1, -0.05) is 30.3 Å². The molecule has 5 rings (SSSR count). The maximum absolute atomic E-state index is 12.9. The first kappa shape index (κ1) is 23.8. The number of hydrogen-bond acceptors (Lipinski definition) is 6. The highest BCUT2D eigenvalue weighted by molar-refractivity contribution is 5.69. The molecule has 2 aromatic rings. The van der Waals surface area contributed by atoms with Crippen molar-refractivity contribution < 1.29 is 22.7 Å². The van der Waals surface area contributed by atoms with Crippen molar-refractivity contribution in [3.05, 3.63) is 53.9 Å². The molecule has 1 aromatic carbocycles. The monoisotopic (exact) mass is 489 g/mol. The SMILES string of the molecule is C[C@@H]1CN(c2ncc(C(F)(F)F)cn2)[C@@H](C)CN1C(=O)OC1CC2(C1)CN(Cc1ccccc1)C2. The van der Waals surface area contributed by atoms with Crippen molar-refractivity contribution in [3.63, 3.8) is 0 Å². The molecular weight excluding hydrogens is 459 g/mol. The number of carbonyl (C=O) groups is 1. The zero-order chi connectivity index (χ0) is 24.8. The predicted octanol–water partition coefficient (Wildman–Crippen LogP) is 4.20. The number of aromatic nitrogens is 2. The number of hydrogen-bond donors (Lipinski definition) is 0. The highest BCUT2D eigenvalue weighted by Crippen LogP contribution is 2.50. The first-order valence-electron chi connectivity index (χ1n) is 12.0. The molecular formula is C25H30F3N5O2. The maximum atomic E-state index is 12.9. The maximum Gasteiger partial charge on any atom is 0.419 e. The third-order valence-corrected chi connectivity index (χ3v) is 7.40. The smallest absolute Gasteiger partial charge is 0.419 e. The number of carbonyl (C=O) groups excluding carboxylic acids is 1. The van der Waals surface area contributed by atoms with Crippen LogP contribution in [0, 0.1) is 5.41 Å². The molecule has 1 saturated carbocycles. The molecule has 188 valence electrons. The Morgan fingerprint density at radius 2 is 1.71 bits per heavy atom. The number of rotatable bonds is 4. The summed E-state index contributed by atoms with van der Waals surface area (Å²) in [5.41, 5.74) is 0.711. The van der Waals surface area contributed by atoms with Crippen LogP contribution in [0.2, 0.25) is 0 Å². The molecule has 2 saturated heterocycles. The van der Waals surface area contributed by atoms with Crippen LogP contribution in [-0.4, -0.2) is 70.2 Å². The Labute approximate surface area is 202 Å². The lowest BCUT2D eigenvalue weighted by molar-refractivity contribution is -0.138. The quantitative estimate of drug-likeness (QED) is 0.642. The van der Waals surface area contributed by atoms with E-state index in [9.17, 15) is 18.0 Å². The molecule has 0 N–H and O–H groups in total. The molecule has 3 aliphatic rings. The highest BCUT2D eigenvalue weighted by Gasteiger charge is 2.54. The molecule has 2 atom stereocenters. The Balaban J connectivity index is 1.09. The molecule has 7 nitrogen and oxygen atoms in total. The Morgan fingerprint density at radius 1 is 1.06 bits per heavy atom. The summed E-state index contributed by atoms with van der Waals surface area (Å²) in [6.45, 7) is 7.65. The van der Waals surface area contributed by atoms with E-state index in [0.29, 0.717) is 13.1 Å². The molecule has 0 unspecified atom stereocenters. The van der Waals surface area contributed by atoms with Gasteiger partial charge in [0, 0.05) is 62.6 Å². The molecule has 1 amide bonds. The minimum Gasteiger partial charge on any atom is -0.446 e. The van der Waals surface area contributed by atoms with Gasteiger partial charge in [0.1, 0.15) is 6.10 Å². The normalized spacial score (nSPS) is 24.7. The first-order chi connectivity index (χ1) is 16.6. The molecule has 3 fully saturated rings. The number of anilines is 1. The topological polar surface area (TPSA) is 61.8 Å². The standard InChI is InChI=1S/C25H30F3N5O2/c1-17-13-33(18(2)12-32(17)22-29-10-20(11-30-22)25(26,27)28)23(34)35-21-8-24(9-21)15-31(16-24)14-19-6-4-3-5-7-19/h3-7,10-11,17-18,21H,8-9,12-16H2,1-2H3/t17-,18+/m0/s1. The van der Waals surface area contributed by atoms with Crippen LogP contribution in [0.25, 0.3) is 0 Å². The van der Waals surface area contributed by atoms with Crippen LogP contribution in [0.15, 0.2) is 42.7 Å². The second-order valence-corrected chi connectivity index (χ2v) is 10.3. The zero-order valence-corrected chi connectivity index (χ0v) is 19.9. The second kappa shape index (κ2) is 8.96. The van der Waals surface area contributed by atoms with E-state index in [1.807, 2.05) is 24.8 Å². The largest absolute Gasteiger partial charge is 0.446 e. The molecule has 2 aliphatic heterocycles. The van der Waals surface area contributed by atoms with Crippen molar-refractivity contribution in [1.29, 1.82) is 0 Å². The number of benzene rings is 1. The molecule has 35 heavy (non-hydrogen) atoms. The lowest BCUT2D eigenvalue weighted by atomic mass is 9.61. The van der Waals surface area contributed by atoms with E-state index in [2.05, 4.69) is 39.1 Å². The van der Waals surface area contributed by atoms with E-state index in [1.165, 1.54) is 5.56 Å². The number of halogens is 3. The van der Waals surface area contributed by atoms with E-state index in [-0.39, 0.29) is 35.6 Å². The minimum absolute atomic E-state index is 0.0554. The number of piperazine rings is 1. The fourth-order valence-electron chi connectivity index (χ4n) is 5.59. The van der Waals surface area contributed by atoms with Gasteiger partial charge in [-0.05, 0) is 32.3 Å². The van der Waals surface area contributed by atoms with E-state index in [1.54, 1.807) is 4.90 Å². The lowest BCUT2D eigenvalue weighted by Gasteiger charge is -2.58. The summed E-state index contributed by atoms with van der Waals surface area (Å²) < 4.78 is 44.2. The molecule has 0 bridgehead atoms. The van der Waals surface area contributed by atoms with Crippen molar-refractivity contribution in [2.24, 2.45) is 5.41 Å². The summed E-state index contributed by atoms with van der Waals surface area (Å²) in [7, 11) is 0. The average molecular weight is 490 g/mol. The van der Waals surface area contributed by atoms with Gasteiger partial charge < -0.3 is 14.5 Å². The summed E-state index contributed by atoms with van der Waals surface area (Å²) in [6.07, 6.45) is -1.46. The summed E-state index contributed by atoms with van der Waals surface area (Å²) in [5.74, 6) is 0.233. The van der Waals surface area contributed by atoms with Crippen LogP contribution in [0.4, 0.5) is 23.9 Å². The van der Waals surface area contributed by atoms with Crippen LogP contribution in [-0.2, 0) is 17.5 Å². The van der Waals surface area contributed by atoms with Gasteiger partial charge in [0.25, 0.3) is 0 Å². The van der Waals surface area contributed by atoms with Crippen LogP contribution < -0.4 is 4.90 Å². The molecule has 1 aromatic heterocycles. The number of amides is 1. The van der Waals surface area contributed by atoms with Crippen molar-refractivity contribution >= 4 is 12.0 Å². The number of ether oxygens (including phenoxy) is 1. The Hall–Kier alpha value is -2.88. The lowest BCUT2D eigenvalue weighted by Crippen LogP contribution is -2.64. The third-order valence-electron chi connectivity index (χ3n) is 7.40. The van der Waals surface area contributed by atoms with Gasteiger partial charge in [-0.3, -0.25) is 4.90 Å². The Bertz CT molecular complexity index is 1040.